The van der Waals surface area contributed by atoms with Gasteiger partial charge in [0.15, 0.2) is 0 Å². The minimum Gasteiger partial charge on any atom is -0.379 e. The van der Waals surface area contributed by atoms with E-state index in [1.54, 1.807) is 19.2 Å². The predicted octanol–water partition coefficient (Wildman–Crippen LogP) is 4.29. The number of ether oxygens (including phenoxy) is 1. The molecule has 0 saturated heterocycles. The lowest BCUT2D eigenvalue weighted by Gasteiger charge is -2.37. The number of likely N-dealkylation sites (N-methyl/N-ethyl adjacent to an activating group) is 1. The summed E-state index contributed by atoms with van der Waals surface area (Å²) in [5, 5.41) is 3.58. The molecule has 1 aromatic rings. The fourth-order valence-corrected chi connectivity index (χ4v) is 2.64. The summed E-state index contributed by atoms with van der Waals surface area (Å²) in [4.78, 5) is 0. The van der Waals surface area contributed by atoms with E-state index in [-0.39, 0.29) is 16.8 Å². The molecule has 0 fully saturated rings. The van der Waals surface area contributed by atoms with E-state index in [0.29, 0.717) is 6.04 Å². The van der Waals surface area contributed by atoms with E-state index in [9.17, 15) is 4.39 Å². The topological polar surface area (TPSA) is 21.3 Å². The Morgan fingerprint density at radius 3 is 2.19 bits per heavy atom. The van der Waals surface area contributed by atoms with E-state index in [1.165, 1.54) is 0 Å². The second-order valence-electron chi connectivity index (χ2n) is 6.84. The van der Waals surface area contributed by atoms with Crippen molar-refractivity contribution in [2.75, 3.05) is 13.7 Å². The van der Waals surface area contributed by atoms with Crippen molar-refractivity contribution in [3.63, 3.8) is 0 Å². The Morgan fingerprint density at radius 2 is 1.71 bits per heavy atom. The third-order valence-electron chi connectivity index (χ3n) is 4.50. The summed E-state index contributed by atoms with van der Waals surface area (Å²) in [6, 6.07) is 7.18. The number of nitrogens with one attached hydrogen (secondary N) is 1. The molecule has 0 bridgehead atoms. The summed E-state index contributed by atoms with van der Waals surface area (Å²) in [5.74, 6) is -0.185. The van der Waals surface area contributed by atoms with Gasteiger partial charge >= 0.3 is 0 Å². The van der Waals surface area contributed by atoms with Crippen LogP contribution in [-0.2, 0) is 10.2 Å². The molecule has 120 valence electrons. The number of hydrogen-bond donors (Lipinski definition) is 1. The third kappa shape index (κ3) is 5.08. The molecule has 3 heteroatoms. The normalized spacial score (nSPS) is 14.2. The number of rotatable bonds is 8. The summed E-state index contributed by atoms with van der Waals surface area (Å²) in [6.07, 6.45) is 1.99. The molecule has 1 aromatic carbocycles. The van der Waals surface area contributed by atoms with Crippen molar-refractivity contribution in [1.29, 1.82) is 0 Å². The van der Waals surface area contributed by atoms with Crippen molar-refractivity contribution in [3.05, 3.63) is 35.6 Å². The van der Waals surface area contributed by atoms with Gasteiger partial charge in [0.25, 0.3) is 0 Å². The van der Waals surface area contributed by atoms with Gasteiger partial charge in [-0.15, -0.1) is 0 Å². The fraction of sp³-hybridized carbons (Fsp3) is 0.667. The second kappa shape index (κ2) is 7.37. The third-order valence-corrected chi connectivity index (χ3v) is 4.50. The van der Waals surface area contributed by atoms with Crippen molar-refractivity contribution in [1.82, 2.24) is 5.32 Å². The zero-order valence-electron chi connectivity index (χ0n) is 14.3. The SMILES string of the molecule is CCNC(CCC(C)(C)OC)C(C)(C)c1ccc(F)cc1. The molecule has 0 saturated carbocycles. The van der Waals surface area contributed by atoms with Crippen LogP contribution in [0.15, 0.2) is 24.3 Å². The lowest BCUT2D eigenvalue weighted by atomic mass is 9.75. The van der Waals surface area contributed by atoms with Crippen LogP contribution in [0.25, 0.3) is 0 Å². The standard InChI is InChI=1S/C18H30FNO/c1-7-20-16(12-13-17(2,3)21-6)18(4,5)14-8-10-15(19)11-9-14/h8-11,16,20H,7,12-13H2,1-6H3. The molecular weight excluding hydrogens is 265 g/mol. The Kier molecular flexibility index (Phi) is 6.36. The molecule has 0 aliphatic heterocycles. The minimum absolute atomic E-state index is 0.0620. The summed E-state index contributed by atoms with van der Waals surface area (Å²) >= 11 is 0. The first kappa shape index (κ1) is 18.1. The van der Waals surface area contributed by atoms with Gasteiger partial charge in [-0.25, -0.2) is 4.39 Å². The number of hydrogen-bond acceptors (Lipinski definition) is 2. The van der Waals surface area contributed by atoms with Gasteiger partial charge in [-0.3, -0.25) is 0 Å². The molecule has 1 unspecified atom stereocenters. The fourth-order valence-electron chi connectivity index (χ4n) is 2.64. The molecular formula is C18H30FNO. The molecule has 0 radical (unpaired) electrons. The average molecular weight is 295 g/mol. The zero-order valence-corrected chi connectivity index (χ0v) is 14.3. The highest BCUT2D eigenvalue weighted by Crippen LogP contribution is 2.31. The second-order valence-corrected chi connectivity index (χ2v) is 6.84. The Morgan fingerprint density at radius 1 is 1.14 bits per heavy atom. The van der Waals surface area contributed by atoms with E-state index in [2.05, 4.69) is 39.9 Å². The summed E-state index contributed by atoms with van der Waals surface area (Å²) in [5.41, 5.74) is 0.977. The van der Waals surface area contributed by atoms with E-state index in [0.717, 1.165) is 24.9 Å². The van der Waals surface area contributed by atoms with Gasteiger partial charge in [0.2, 0.25) is 0 Å². The van der Waals surface area contributed by atoms with Gasteiger partial charge in [-0.05, 0) is 50.9 Å². The summed E-state index contributed by atoms with van der Waals surface area (Å²) < 4.78 is 18.7. The van der Waals surface area contributed by atoms with Crippen molar-refractivity contribution in [2.45, 2.75) is 64.5 Å². The van der Waals surface area contributed by atoms with Gasteiger partial charge in [0.05, 0.1) is 5.60 Å². The molecule has 1 atom stereocenters. The number of methoxy groups -OCH3 is 1. The highest BCUT2D eigenvalue weighted by Gasteiger charge is 2.32. The van der Waals surface area contributed by atoms with Crippen LogP contribution in [0.1, 0.15) is 53.0 Å². The number of halogens is 1. The van der Waals surface area contributed by atoms with Crippen LogP contribution >= 0.6 is 0 Å². The Hall–Kier alpha value is -0.930. The first-order chi connectivity index (χ1) is 9.73. The number of benzene rings is 1. The van der Waals surface area contributed by atoms with Gasteiger partial charge in [-0.2, -0.15) is 0 Å². The minimum atomic E-state index is -0.185. The first-order valence-corrected chi connectivity index (χ1v) is 7.77. The molecule has 0 aliphatic rings. The van der Waals surface area contributed by atoms with Gasteiger partial charge in [-0.1, -0.05) is 32.9 Å². The lowest BCUT2D eigenvalue weighted by Crippen LogP contribution is -2.45. The van der Waals surface area contributed by atoms with Gasteiger partial charge < -0.3 is 10.1 Å². The Bertz CT molecular complexity index is 425. The largest absolute Gasteiger partial charge is 0.379 e. The molecule has 1 rings (SSSR count). The van der Waals surface area contributed by atoms with Crippen LogP contribution in [0.5, 0.6) is 0 Å². The van der Waals surface area contributed by atoms with E-state index in [4.69, 9.17) is 4.74 Å². The molecule has 21 heavy (non-hydrogen) atoms. The van der Waals surface area contributed by atoms with Crippen molar-refractivity contribution < 1.29 is 9.13 Å². The molecule has 1 N–H and O–H groups in total. The van der Waals surface area contributed by atoms with Gasteiger partial charge in [0, 0.05) is 18.6 Å². The highest BCUT2D eigenvalue weighted by atomic mass is 19.1. The quantitative estimate of drug-likeness (QED) is 0.772. The van der Waals surface area contributed by atoms with Crippen LogP contribution in [0.4, 0.5) is 4.39 Å². The van der Waals surface area contributed by atoms with Crippen LogP contribution < -0.4 is 5.32 Å². The molecule has 2 nitrogen and oxygen atoms in total. The van der Waals surface area contributed by atoms with Gasteiger partial charge in [0.1, 0.15) is 5.82 Å². The molecule has 0 spiro atoms. The maximum absolute atomic E-state index is 13.1. The summed E-state index contributed by atoms with van der Waals surface area (Å²) in [6.45, 7) is 11.7. The van der Waals surface area contributed by atoms with Crippen LogP contribution in [0, 0.1) is 5.82 Å². The average Bonchev–Trinajstić information content (AvgIpc) is 2.43. The van der Waals surface area contributed by atoms with E-state index < -0.39 is 0 Å². The molecule has 0 aromatic heterocycles. The first-order valence-electron chi connectivity index (χ1n) is 7.77. The monoisotopic (exact) mass is 295 g/mol. The molecule has 0 aliphatic carbocycles. The van der Waals surface area contributed by atoms with Crippen molar-refractivity contribution in [2.24, 2.45) is 0 Å². The molecule has 0 amide bonds. The van der Waals surface area contributed by atoms with Crippen LogP contribution in [-0.4, -0.2) is 25.3 Å². The Balaban J connectivity index is 2.89. The lowest BCUT2D eigenvalue weighted by molar-refractivity contribution is 0.00995. The molecule has 0 heterocycles. The smallest absolute Gasteiger partial charge is 0.123 e. The maximum atomic E-state index is 13.1. The highest BCUT2D eigenvalue weighted by molar-refractivity contribution is 5.26. The van der Waals surface area contributed by atoms with E-state index in [1.807, 2.05) is 12.1 Å². The van der Waals surface area contributed by atoms with Crippen LogP contribution in [0.2, 0.25) is 0 Å². The zero-order chi connectivity index (χ0) is 16.1. The Labute approximate surface area is 129 Å². The summed E-state index contributed by atoms with van der Waals surface area (Å²) in [7, 11) is 1.76. The van der Waals surface area contributed by atoms with Crippen LogP contribution in [0.3, 0.4) is 0 Å². The van der Waals surface area contributed by atoms with Crippen molar-refractivity contribution >= 4 is 0 Å². The maximum Gasteiger partial charge on any atom is 0.123 e. The van der Waals surface area contributed by atoms with E-state index >= 15 is 0 Å². The predicted molar refractivity (Wildman–Crippen MR) is 87.2 cm³/mol. The van der Waals surface area contributed by atoms with Crippen molar-refractivity contribution in [3.8, 4) is 0 Å².